The van der Waals surface area contributed by atoms with Crippen molar-refractivity contribution < 1.29 is 9.90 Å². The van der Waals surface area contributed by atoms with Gasteiger partial charge >= 0.3 is 0 Å². The zero-order valence-electron chi connectivity index (χ0n) is 9.45. The molecule has 0 fully saturated rings. The zero-order valence-corrected chi connectivity index (χ0v) is 9.45. The molecule has 0 bridgehead atoms. The molecule has 0 aliphatic carbocycles. The van der Waals surface area contributed by atoms with Gasteiger partial charge in [0.15, 0.2) is 0 Å². The maximum absolute atomic E-state index is 10.6. The highest BCUT2D eigenvalue weighted by molar-refractivity contribution is 5.82. The monoisotopic (exact) mass is 238 g/mol. The molecule has 88 valence electrons. The molecule has 0 unspecified atom stereocenters. The Kier molecular flexibility index (Phi) is 2.34. The smallest absolute Gasteiger partial charge is 0.150 e. The summed E-state index contributed by atoms with van der Waals surface area (Å²) in [4.78, 5) is 10.6. The molecule has 0 amide bonds. The number of phenolic OH excluding ortho intramolecular Hbond substituents is 1. The maximum Gasteiger partial charge on any atom is 0.150 e. The molecule has 0 radical (unpaired) electrons. The molecule has 4 nitrogen and oxygen atoms in total. The first-order valence-electron chi connectivity index (χ1n) is 5.50. The summed E-state index contributed by atoms with van der Waals surface area (Å²) in [6, 6.07) is 12.2. The minimum atomic E-state index is 0.203. The van der Waals surface area contributed by atoms with Crippen molar-refractivity contribution in [2.24, 2.45) is 0 Å². The van der Waals surface area contributed by atoms with Crippen LogP contribution in [0.25, 0.3) is 16.6 Å². The lowest BCUT2D eigenvalue weighted by Gasteiger charge is -2.03. The van der Waals surface area contributed by atoms with Crippen LogP contribution in [0.4, 0.5) is 0 Å². The van der Waals surface area contributed by atoms with Crippen LogP contribution in [0.1, 0.15) is 10.4 Å². The largest absolute Gasteiger partial charge is 0.508 e. The van der Waals surface area contributed by atoms with Gasteiger partial charge in [0.25, 0.3) is 0 Å². The topological polar surface area (TPSA) is 55.1 Å². The van der Waals surface area contributed by atoms with Crippen LogP contribution < -0.4 is 0 Å². The van der Waals surface area contributed by atoms with Crippen LogP contribution in [-0.4, -0.2) is 21.2 Å². The number of carbonyl (C=O) groups excluding carboxylic acids is 1. The summed E-state index contributed by atoms with van der Waals surface area (Å²) in [5.74, 6) is 0.203. The summed E-state index contributed by atoms with van der Waals surface area (Å²) in [5, 5.41) is 14.7. The van der Waals surface area contributed by atoms with E-state index in [1.54, 1.807) is 35.1 Å². The van der Waals surface area contributed by atoms with Crippen molar-refractivity contribution in [3.63, 3.8) is 0 Å². The Bertz CT molecular complexity index is 714. The lowest BCUT2D eigenvalue weighted by Crippen LogP contribution is -1.95. The first-order valence-corrected chi connectivity index (χ1v) is 5.50. The quantitative estimate of drug-likeness (QED) is 0.698. The van der Waals surface area contributed by atoms with Crippen LogP contribution in [0.15, 0.2) is 48.7 Å². The number of fused-ring (bicyclic) bond motifs is 1. The maximum atomic E-state index is 10.6. The highest BCUT2D eigenvalue weighted by Gasteiger charge is 2.05. The molecule has 0 saturated carbocycles. The van der Waals surface area contributed by atoms with Gasteiger partial charge in [0.05, 0.1) is 17.4 Å². The third-order valence-corrected chi connectivity index (χ3v) is 2.83. The Labute approximate surface area is 103 Å². The van der Waals surface area contributed by atoms with Crippen molar-refractivity contribution in [1.29, 1.82) is 0 Å². The van der Waals surface area contributed by atoms with Gasteiger partial charge in [-0.2, -0.15) is 5.10 Å². The molecule has 0 spiro atoms. The van der Waals surface area contributed by atoms with Crippen molar-refractivity contribution in [1.82, 2.24) is 9.78 Å². The summed E-state index contributed by atoms with van der Waals surface area (Å²) >= 11 is 0. The van der Waals surface area contributed by atoms with Crippen molar-refractivity contribution in [2.75, 3.05) is 0 Å². The van der Waals surface area contributed by atoms with E-state index in [2.05, 4.69) is 5.10 Å². The van der Waals surface area contributed by atoms with Crippen LogP contribution in [-0.2, 0) is 0 Å². The third-order valence-electron chi connectivity index (χ3n) is 2.83. The second-order valence-corrected chi connectivity index (χ2v) is 4.01. The van der Waals surface area contributed by atoms with Crippen molar-refractivity contribution in [3.8, 4) is 11.4 Å². The fourth-order valence-corrected chi connectivity index (χ4v) is 1.91. The predicted octanol–water partition coefficient (Wildman–Crippen LogP) is 2.54. The molecule has 0 aliphatic heterocycles. The first kappa shape index (κ1) is 10.5. The van der Waals surface area contributed by atoms with Gasteiger partial charge in [0.2, 0.25) is 0 Å². The number of aromatic hydroxyl groups is 1. The summed E-state index contributed by atoms with van der Waals surface area (Å²) < 4.78 is 1.73. The van der Waals surface area contributed by atoms with Gasteiger partial charge in [-0.25, -0.2) is 4.68 Å². The van der Waals surface area contributed by atoms with Crippen molar-refractivity contribution >= 4 is 17.2 Å². The van der Waals surface area contributed by atoms with Crippen LogP contribution in [0.2, 0.25) is 0 Å². The number of phenols is 1. The third kappa shape index (κ3) is 1.64. The summed E-state index contributed by atoms with van der Waals surface area (Å²) in [7, 11) is 0. The number of aldehydes is 1. The average Bonchev–Trinajstić information content (AvgIpc) is 2.82. The van der Waals surface area contributed by atoms with E-state index in [-0.39, 0.29) is 5.75 Å². The van der Waals surface area contributed by atoms with Crippen LogP contribution >= 0.6 is 0 Å². The highest BCUT2D eigenvalue weighted by Crippen LogP contribution is 2.22. The average molecular weight is 238 g/mol. The molecule has 3 aromatic rings. The number of hydrogen-bond acceptors (Lipinski definition) is 3. The number of rotatable bonds is 2. The number of nitrogens with zero attached hydrogens (tertiary/aromatic N) is 2. The van der Waals surface area contributed by atoms with Gasteiger partial charge < -0.3 is 5.11 Å². The lowest BCUT2D eigenvalue weighted by molar-refractivity contribution is 0.112. The van der Waals surface area contributed by atoms with E-state index >= 15 is 0 Å². The Morgan fingerprint density at radius 2 is 1.89 bits per heavy atom. The molecule has 1 aromatic heterocycles. The van der Waals surface area contributed by atoms with Gasteiger partial charge in [0.1, 0.15) is 12.0 Å². The number of benzene rings is 2. The second kappa shape index (κ2) is 4.00. The lowest BCUT2D eigenvalue weighted by atomic mass is 10.2. The van der Waals surface area contributed by atoms with E-state index in [0.717, 1.165) is 22.9 Å². The SMILES string of the molecule is O=Cc1ccc(-n2ncc3ccc(O)cc32)cc1. The number of aromatic nitrogens is 2. The fourth-order valence-electron chi connectivity index (χ4n) is 1.91. The molecular weight excluding hydrogens is 228 g/mol. The minimum Gasteiger partial charge on any atom is -0.508 e. The Morgan fingerprint density at radius 1 is 1.11 bits per heavy atom. The predicted molar refractivity (Wildman–Crippen MR) is 68.1 cm³/mol. The van der Waals surface area contributed by atoms with Gasteiger partial charge in [-0.05, 0) is 36.4 Å². The summed E-state index contributed by atoms with van der Waals surface area (Å²) in [6.07, 6.45) is 2.54. The number of hydrogen-bond donors (Lipinski definition) is 1. The van der Waals surface area contributed by atoms with E-state index in [1.807, 2.05) is 18.2 Å². The fraction of sp³-hybridized carbons (Fsp3) is 0. The van der Waals surface area contributed by atoms with E-state index < -0.39 is 0 Å². The summed E-state index contributed by atoms with van der Waals surface area (Å²) in [5.41, 5.74) is 2.30. The zero-order chi connectivity index (χ0) is 12.5. The van der Waals surface area contributed by atoms with E-state index in [9.17, 15) is 9.90 Å². The Hall–Kier alpha value is -2.62. The Balaban J connectivity index is 2.18. The van der Waals surface area contributed by atoms with Gasteiger partial charge in [0, 0.05) is 17.0 Å². The van der Waals surface area contributed by atoms with Crippen LogP contribution in [0.3, 0.4) is 0 Å². The normalized spacial score (nSPS) is 10.7. The van der Waals surface area contributed by atoms with Crippen molar-refractivity contribution in [3.05, 3.63) is 54.2 Å². The molecule has 0 aliphatic rings. The second-order valence-electron chi connectivity index (χ2n) is 4.01. The van der Waals surface area contributed by atoms with E-state index in [0.29, 0.717) is 5.56 Å². The Morgan fingerprint density at radius 3 is 2.61 bits per heavy atom. The molecule has 4 heteroatoms. The standard InChI is InChI=1S/C14H10N2O2/c17-9-10-1-4-12(5-2-10)16-14-7-13(18)6-3-11(14)8-15-16/h1-9,18H. The van der Waals surface area contributed by atoms with Crippen LogP contribution in [0.5, 0.6) is 5.75 Å². The molecule has 1 heterocycles. The van der Waals surface area contributed by atoms with E-state index in [4.69, 9.17) is 0 Å². The molecular formula is C14H10N2O2. The molecule has 0 saturated heterocycles. The molecule has 0 atom stereocenters. The highest BCUT2D eigenvalue weighted by atomic mass is 16.3. The summed E-state index contributed by atoms with van der Waals surface area (Å²) in [6.45, 7) is 0. The van der Waals surface area contributed by atoms with E-state index in [1.165, 1.54) is 0 Å². The van der Waals surface area contributed by atoms with Crippen molar-refractivity contribution in [2.45, 2.75) is 0 Å². The first-order chi connectivity index (χ1) is 8.78. The van der Waals surface area contributed by atoms with Crippen LogP contribution in [0, 0.1) is 0 Å². The molecule has 1 N–H and O–H groups in total. The molecule has 2 aromatic carbocycles. The molecule has 3 rings (SSSR count). The van der Waals surface area contributed by atoms with Gasteiger partial charge in [-0.3, -0.25) is 4.79 Å². The molecule has 18 heavy (non-hydrogen) atoms. The van der Waals surface area contributed by atoms with Gasteiger partial charge in [-0.1, -0.05) is 0 Å². The number of carbonyl (C=O) groups is 1. The van der Waals surface area contributed by atoms with Gasteiger partial charge in [-0.15, -0.1) is 0 Å². The minimum absolute atomic E-state index is 0.203.